The molecular weight excluding hydrogens is 335 g/mol. The van der Waals surface area contributed by atoms with Crippen molar-refractivity contribution in [3.8, 4) is 0 Å². The van der Waals surface area contributed by atoms with Crippen LogP contribution in [0.4, 0.5) is 15.8 Å². The van der Waals surface area contributed by atoms with Crippen LogP contribution in [0.15, 0.2) is 47.6 Å². The van der Waals surface area contributed by atoms with Crippen molar-refractivity contribution in [1.82, 2.24) is 9.97 Å². The Balaban J connectivity index is 1.66. The lowest BCUT2D eigenvalue weighted by atomic mass is 10.2. The van der Waals surface area contributed by atoms with Crippen LogP contribution in [-0.2, 0) is 4.79 Å². The maximum atomic E-state index is 13.1. The second-order valence-corrected chi connectivity index (χ2v) is 5.78. The Morgan fingerprint density at radius 3 is 2.88 bits per heavy atom. The van der Waals surface area contributed by atoms with Gasteiger partial charge in [-0.1, -0.05) is 23.9 Å². The molecule has 0 atom stereocenters. The average Bonchev–Trinajstić information content (AvgIpc) is 2.97. The van der Waals surface area contributed by atoms with Crippen molar-refractivity contribution in [3.05, 3.63) is 58.4 Å². The van der Waals surface area contributed by atoms with E-state index < -0.39 is 22.3 Å². The first-order valence-corrected chi connectivity index (χ1v) is 7.83. The predicted octanol–water partition coefficient (Wildman–Crippen LogP) is 3.34. The van der Waals surface area contributed by atoms with Crippen LogP contribution in [0.2, 0.25) is 0 Å². The van der Waals surface area contributed by atoms with Gasteiger partial charge in [0.25, 0.3) is 5.69 Å². The number of hydrogen-bond donors (Lipinski definition) is 2. The second-order valence-electron chi connectivity index (χ2n) is 4.81. The third-order valence-electron chi connectivity index (χ3n) is 3.14. The predicted molar refractivity (Wildman–Crippen MR) is 88.5 cm³/mol. The second kappa shape index (κ2) is 6.67. The zero-order valence-electron chi connectivity index (χ0n) is 12.2. The van der Waals surface area contributed by atoms with E-state index in [0.29, 0.717) is 5.16 Å². The fourth-order valence-electron chi connectivity index (χ4n) is 2.08. The number of thioether (sulfide) groups is 1. The molecule has 122 valence electrons. The fraction of sp³-hybridized carbons (Fsp3) is 0.0667. The van der Waals surface area contributed by atoms with Crippen LogP contribution in [-0.4, -0.2) is 26.6 Å². The molecule has 3 rings (SSSR count). The fourth-order valence-corrected chi connectivity index (χ4v) is 2.76. The van der Waals surface area contributed by atoms with E-state index in [1.54, 1.807) is 0 Å². The van der Waals surface area contributed by atoms with E-state index in [0.717, 1.165) is 29.2 Å². The number of aromatic amines is 1. The summed E-state index contributed by atoms with van der Waals surface area (Å²) in [5.74, 6) is -1.18. The van der Waals surface area contributed by atoms with Gasteiger partial charge in [0.15, 0.2) is 5.16 Å². The van der Waals surface area contributed by atoms with Gasteiger partial charge in [0.1, 0.15) is 11.5 Å². The molecule has 0 aliphatic rings. The summed E-state index contributed by atoms with van der Waals surface area (Å²) < 4.78 is 13.1. The van der Waals surface area contributed by atoms with Crippen LogP contribution in [0, 0.1) is 15.9 Å². The van der Waals surface area contributed by atoms with Gasteiger partial charge in [-0.05, 0) is 24.3 Å². The highest BCUT2D eigenvalue weighted by Gasteiger charge is 2.17. The Morgan fingerprint density at radius 2 is 2.12 bits per heavy atom. The highest BCUT2D eigenvalue weighted by atomic mass is 32.2. The minimum atomic E-state index is -0.745. The number of imidazole rings is 1. The Labute approximate surface area is 139 Å². The molecule has 1 heterocycles. The van der Waals surface area contributed by atoms with E-state index in [1.807, 2.05) is 24.3 Å². The van der Waals surface area contributed by atoms with Crippen LogP contribution < -0.4 is 5.32 Å². The highest BCUT2D eigenvalue weighted by Crippen LogP contribution is 2.25. The van der Waals surface area contributed by atoms with Crippen molar-refractivity contribution < 1.29 is 14.1 Å². The largest absolute Gasteiger partial charge is 0.333 e. The smallest absolute Gasteiger partial charge is 0.295 e. The van der Waals surface area contributed by atoms with E-state index in [1.165, 1.54) is 11.8 Å². The van der Waals surface area contributed by atoms with Gasteiger partial charge in [0, 0.05) is 0 Å². The lowest BCUT2D eigenvalue weighted by Gasteiger charge is -2.05. The summed E-state index contributed by atoms with van der Waals surface area (Å²) in [6, 6.07) is 10.4. The van der Waals surface area contributed by atoms with Gasteiger partial charge in [-0.25, -0.2) is 9.37 Å². The molecule has 24 heavy (non-hydrogen) atoms. The van der Waals surface area contributed by atoms with Gasteiger partial charge in [-0.15, -0.1) is 0 Å². The number of halogens is 1. The molecule has 0 unspecified atom stereocenters. The van der Waals surface area contributed by atoms with Gasteiger partial charge < -0.3 is 10.3 Å². The van der Waals surface area contributed by atoms with Gasteiger partial charge in [0.2, 0.25) is 5.91 Å². The Kier molecular flexibility index (Phi) is 4.43. The summed E-state index contributed by atoms with van der Waals surface area (Å²) in [5, 5.41) is 13.9. The van der Waals surface area contributed by atoms with Crippen LogP contribution in [0.5, 0.6) is 0 Å². The van der Waals surface area contributed by atoms with Crippen LogP contribution in [0.25, 0.3) is 11.0 Å². The molecule has 3 aromatic rings. The first-order valence-electron chi connectivity index (χ1n) is 6.84. The van der Waals surface area contributed by atoms with Gasteiger partial charge >= 0.3 is 0 Å². The monoisotopic (exact) mass is 346 g/mol. The highest BCUT2D eigenvalue weighted by molar-refractivity contribution is 7.99. The number of amides is 1. The minimum absolute atomic E-state index is 0.00829. The number of carbonyl (C=O) groups is 1. The number of benzene rings is 2. The van der Waals surface area contributed by atoms with Crippen LogP contribution >= 0.6 is 11.8 Å². The molecular formula is C15H11FN4O3S. The van der Waals surface area contributed by atoms with E-state index in [9.17, 15) is 19.3 Å². The van der Waals surface area contributed by atoms with Crippen molar-refractivity contribution >= 4 is 40.1 Å². The zero-order chi connectivity index (χ0) is 17.1. The van der Waals surface area contributed by atoms with Crippen molar-refractivity contribution in [2.75, 3.05) is 11.1 Å². The van der Waals surface area contributed by atoms with Gasteiger partial charge in [-0.3, -0.25) is 14.9 Å². The number of nitro groups is 1. The Hall–Kier alpha value is -2.94. The summed E-state index contributed by atoms with van der Waals surface area (Å²) in [6.45, 7) is 0. The summed E-state index contributed by atoms with van der Waals surface area (Å²) in [4.78, 5) is 29.5. The summed E-state index contributed by atoms with van der Waals surface area (Å²) >= 11 is 1.17. The normalized spacial score (nSPS) is 10.7. The number of hydrogen-bond acceptors (Lipinski definition) is 5. The molecule has 0 aliphatic carbocycles. The van der Waals surface area contributed by atoms with Crippen LogP contribution in [0.3, 0.4) is 0 Å². The molecule has 2 aromatic carbocycles. The topological polar surface area (TPSA) is 101 Å². The molecule has 0 spiro atoms. The van der Waals surface area contributed by atoms with Crippen molar-refractivity contribution in [3.63, 3.8) is 0 Å². The maximum Gasteiger partial charge on any atom is 0.295 e. The lowest BCUT2D eigenvalue weighted by molar-refractivity contribution is -0.384. The number of H-pyrrole nitrogens is 1. The van der Waals surface area contributed by atoms with Crippen LogP contribution in [0.1, 0.15) is 0 Å². The molecule has 0 fully saturated rings. The van der Waals surface area contributed by atoms with E-state index in [-0.39, 0.29) is 11.4 Å². The lowest BCUT2D eigenvalue weighted by Crippen LogP contribution is -2.15. The standard InChI is InChI=1S/C15H11FN4O3S/c16-9-5-6-12(13(7-9)20(22)23)17-14(21)8-24-15-18-10-3-1-2-4-11(10)19-15/h1-7H,8H2,(H,17,21)(H,18,19). The number of para-hydroxylation sites is 2. The van der Waals surface area contributed by atoms with E-state index in [2.05, 4.69) is 15.3 Å². The summed E-state index contributed by atoms with van der Waals surface area (Å²) in [5.41, 5.74) is 1.11. The number of nitro benzene ring substituents is 1. The molecule has 1 amide bonds. The summed E-state index contributed by atoms with van der Waals surface area (Å²) in [7, 11) is 0. The molecule has 2 N–H and O–H groups in total. The number of fused-ring (bicyclic) bond motifs is 1. The third-order valence-corrected chi connectivity index (χ3v) is 4.01. The van der Waals surface area contributed by atoms with E-state index >= 15 is 0 Å². The third kappa shape index (κ3) is 3.51. The molecule has 0 aliphatic heterocycles. The Bertz CT molecular complexity index is 895. The number of nitrogens with zero attached hydrogens (tertiary/aromatic N) is 2. The van der Waals surface area contributed by atoms with Crippen molar-refractivity contribution in [1.29, 1.82) is 0 Å². The number of aromatic nitrogens is 2. The first kappa shape index (κ1) is 15.9. The van der Waals surface area contributed by atoms with Gasteiger partial charge in [-0.2, -0.15) is 0 Å². The zero-order valence-corrected chi connectivity index (χ0v) is 13.0. The number of rotatable bonds is 5. The SMILES string of the molecule is O=C(CSc1nc2ccccc2[nH]1)Nc1ccc(F)cc1[N+](=O)[O-]. The maximum absolute atomic E-state index is 13.1. The number of anilines is 1. The minimum Gasteiger partial charge on any atom is -0.333 e. The van der Waals surface area contributed by atoms with Crippen molar-refractivity contribution in [2.45, 2.75) is 5.16 Å². The number of carbonyl (C=O) groups excluding carboxylic acids is 1. The van der Waals surface area contributed by atoms with E-state index in [4.69, 9.17) is 0 Å². The molecule has 0 saturated carbocycles. The molecule has 0 saturated heterocycles. The summed E-state index contributed by atoms with van der Waals surface area (Å²) in [6.07, 6.45) is 0. The molecule has 7 nitrogen and oxygen atoms in total. The number of nitrogens with one attached hydrogen (secondary N) is 2. The first-order chi connectivity index (χ1) is 11.5. The molecule has 0 radical (unpaired) electrons. The average molecular weight is 346 g/mol. The molecule has 9 heteroatoms. The Morgan fingerprint density at radius 1 is 1.33 bits per heavy atom. The molecule has 1 aromatic heterocycles. The molecule has 0 bridgehead atoms. The quantitative estimate of drug-likeness (QED) is 0.419. The van der Waals surface area contributed by atoms with Gasteiger partial charge in [0.05, 0.1) is 27.8 Å². The van der Waals surface area contributed by atoms with Crippen molar-refractivity contribution in [2.24, 2.45) is 0 Å².